The molecule has 9 heteroatoms. The van der Waals surface area contributed by atoms with Gasteiger partial charge in [0.05, 0.1) is 23.2 Å². The molecule has 1 atom stereocenters. The highest BCUT2D eigenvalue weighted by Crippen LogP contribution is 2.43. The number of allylic oxidation sites excluding steroid dienone is 1. The molecule has 0 fully saturated rings. The fourth-order valence-corrected chi connectivity index (χ4v) is 3.66. The number of H-pyrrole nitrogens is 2. The Bertz CT molecular complexity index is 1120. The lowest BCUT2D eigenvalue weighted by Gasteiger charge is -2.29. The van der Waals surface area contributed by atoms with Crippen LogP contribution in [0, 0.1) is 4.77 Å². The molecule has 1 unspecified atom stereocenters. The lowest BCUT2D eigenvalue weighted by molar-refractivity contribution is -0.143. The molecule has 1 aromatic carbocycles. The Morgan fingerprint density at radius 2 is 2.00 bits per heavy atom. The Balaban J connectivity index is 1.93. The van der Waals surface area contributed by atoms with Crippen molar-refractivity contribution in [1.82, 2.24) is 9.97 Å². The number of fused-ring (bicyclic) bond motifs is 2. The molecule has 2 aliphatic rings. The minimum atomic E-state index is -0.660. The number of carbonyl (C=O) groups is 1. The lowest BCUT2D eigenvalue weighted by atomic mass is 9.82. The Morgan fingerprint density at radius 3 is 2.75 bits per heavy atom. The predicted molar refractivity (Wildman–Crippen MR) is 104 cm³/mol. The first-order valence-corrected chi connectivity index (χ1v) is 9.20. The maximum atomic E-state index is 12.9. The summed E-state index contributed by atoms with van der Waals surface area (Å²) >= 11 is 5.09. The highest BCUT2D eigenvalue weighted by molar-refractivity contribution is 7.71. The van der Waals surface area contributed by atoms with Crippen LogP contribution in [0.15, 0.2) is 34.3 Å². The molecule has 2 aromatic rings. The maximum Gasteiger partial charge on any atom is 0.337 e. The van der Waals surface area contributed by atoms with Crippen LogP contribution in [0.4, 0.5) is 5.82 Å². The lowest BCUT2D eigenvalue weighted by Crippen LogP contribution is -2.31. The van der Waals surface area contributed by atoms with Crippen LogP contribution in [0.1, 0.15) is 37.8 Å². The SMILES string of the molecule is CC1=C(C(=O)OC(C)C)C(c2ccc3c(c2)OCO3)c2c([nH]c(=S)[nH]c2=O)N1. The molecule has 0 bridgehead atoms. The number of rotatable bonds is 3. The Labute approximate surface area is 165 Å². The second kappa shape index (κ2) is 6.83. The van der Waals surface area contributed by atoms with Gasteiger partial charge in [-0.15, -0.1) is 0 Å². The van der Waals surface area contributed by atoms with E-state index in [2.05, 4.69) is 15.3 Å². The second-order valence-electron chi connectivity index (χ2n) is 6.86. The fourth-order valence-electron chi connectivity index (χ4n) is 3.46. The van der Waals surface area contributed by atoms with Crippen LogP contribution in [-0.4, -0.2) is 28.8 Å². The third-order valence-corrected chi connectivity index (χ3v) is 4.77. The number of anilines is 1. The summed E-state index contributed by atoms with van der Waals surface area (Å²) in [6, 6.07) is 5.35. The minimum absolute atomic E-state index is 0.131. The number of hydrogen-bond donors (Lipinski definition) is 3. The minimum Gasteiger partial charge on any atom is -0.460 e. The van der Waals surface area contributed by atoms with Gasteiger partial charge in [-0.3, -0.25) is 9.78 Å². The normalized spacial score (nSPS) is 17.4. The maximum absolute atomic E-state index is 12.9. The molecule has 3 heterocycles. The van der Waals surface area contributed by atoms with Gasteiger partial charge in [-0.05, 0) is 50.7 Å². The van der Waals surface area contributed by atoms with Crippen molar-refractivity contribution in [2.24, 2.45) is 0 Å². The van der Waals surface area contributed by atoms with Gasteiger partial charge in [0.25, 0.3) is 5.56 Å². The smallest absolute Gasteiger partial charge is 0.337 e. The Morgan fingerprint density at radius 1 is 1.25 bits per heavy atom. The average molecular weight is 401 g/mol. The van der Waals surface area contributed by atoms with E-state index in [1.165, 1.54) is 0 Å². The summed E-state index contributed by atoms with van der Waals surface area (Å²) < 4.78 is 16.5. The zero-order valence-electron chi connectivity index (χ0n) is 15.5. The molecular weight excluding hydrogens is 382 g/mol. The van der Waals surface area contributed by atoms with E-state index in [4.69, 9.17) is 26.4 Å². The van der Waals surface area contributed by atoms with Crippen molar-refractivity contribution in [1.29, 1.82) is 0 Å². The van der Waals surface area contributed by atoms with Crippen LogP contribution in [-0.2, 0) is 9.53 Å². The monoisotopic (exact) mass is 401 g/mol. The molecule has 0 aliphatic carbocycles. The molecule has 3 N–H and O–H groups in total. The molecule has 0 saturated heterocycles. The van der Waals surface area contributed by atoms with Crippen molar-refractivity contribution in [2.45, 2.75) is 32.8 Å². The molecular formula is C19H19N3O5S. The number of benzene rings is 1. The van der Waals surface area contributed by atoms with Gasteiger partial charge < -0.3 is 24.5 Å². The van der Waals surface area contributed by atoms with Crippen LogP contribution in [0.3, 0.4) is 0 Å². The Kier molecular flexibility index (Phi) is 4.46. The third kappa shape index (κ3) is 3.07. The number of nitrogens with one attached hydrogen (secondary N) is 3. The van der Waals surface area contributed by atoms with Gasteiger partial charge >= 0.3 is 5.97 Å². The van der Waals surface area contributed by atoms with E-state index in [0.29, 0.717) is 39.7 Å². The van der Waals surface area contributed by atoms with Crippen molar-refractivity contribution in [3.63, 3.8) is 0 Å². The number of aromatic nitrogens is 2. The summed E-state index contributed by atoms with van der Waals surface area (Å²) in [5, 5.41) is 3.08. The van der Waals surface area contributed by atoms with Gasteiger partial charge in [-0.25, -0.2) is 4.79 Å². The van der Waals surface area contributed by atoms with E-state index in [0.717, 1.165) is 0 Å². The summed E-state index contributed by atoms with van der Waals surface area (Å²) in [7, 11) is 0. The number of hydrogen-bond acceptors (Lipinski definition) is 7. The molecule has 0 radical (unpaired) electrons. The van der Waals surface area contributed by atoms with Gasteiger partial charge in [0.2, 0.25) is 6.79 Å². The number of aromatic amines is 2. The summed E-state index contributed by atoms with van der Waals surface area (Å²) in [5.74, 6) is 0.483. The molecule has 146 valence electrons. The molecule has 4 rings (SSSR count). The highest BCUT2D eigenvalue weighted by atomic mass is 32.1. The zero-order valence-corrected chi connectivity index (χ0v) is 16.4. The summed E-state index contributed by atoms with van der Waals surface area (Å²) in [6.07, 6.45) is -0.300. The molecule has 2 aliphatic heterocycles. The molecule has 28 heavy (non-hydrogen) atoms. The van der Waals surface area contributed by atoms with Crippen LogP contribution in [0.2, 0.25) is 0 Å². The zero-order chi connectivity index (χ0) is 20.0. The quantitative estimate of drug-likeness (QED) is 0.536. The van der Waals surface area contributed by atoms with Gasteiger partial charge in [0, 0.05) is 5.70 Å². The van der Waals surface area contributed by atoms with E-state index in [-0.39, 0.29) is 23.2 Å². The largest absolute Gasteiger partial charge is 0.460 e. The van der Waals surface area contributed by atoms with Crippen LogP contribution < -0.4 is 20.3 Å². The first-order chi connectivity index (χ1) is 13.3. The summed E-state index contributed by atoms with van der Waals surface area (Å²) in [6.45, 7) is 5.44. The van der Waals surface area contributed by atoms with E-state index in [1.54, 1.807) is 32.9 Å². The summed E-state index contributed by atoms with van der Waals surface area (Å²) in [5.41, 5.74) is 1.62. The molecule has 0 amide bonds. The first-order valence-electron chi connectivity index (χ1n) is 8.80. The van der Waals surface area contributed by atoms with Crippen LogP contribution in [0.5, 0.6) is 11.5 Å². The van der Waals surface area contributed by atoms with Gasteiger partial charge in [0.15, 0.2) is 16.3 Å². The van der Waals surface area contributed by atoms with E-state index in [9.17, 15) is 9.59 Å². The molecule has 8 nitrogen and oxygen atoms in total. The molecule has 1 aromatic heterocycles. The van der Waals surface area contributed by atoms with Crippen molar-refractivity contribution in [3.8, 4) is 11.5 Å². The first kappa shape index (κ1) is 18.3. The van der Waals surface area contributed by atoms with Crippen molar-refractivity contribution in [3.05, 3.63) is 55.7 Å². The Hall–Kier alpha value is -3.07. The van der Waals surface area contributed by atoms with E-state index in [1.807, 2.05) is 6.07 Å². The number of carbonyl (C=O) groups excluding carboxylic acids is 1. The topological polar surface area (TPSA) is 105 Å². The average Bonchev–Trinajstić information content (AvgIpc) is 3.07. The predicted octanol–water partition coefficient (Wildman–Crippen LogP) is 2.94. The number of esters is 1. The van der Waals surface area contributed by atoms with E-state index >= 15 is 0 Å². The van der Waals surface area contributed by atoms with E-state index < -0.39 is 11.9 Å². The fraction of sp³-hybridized carbons (Fsp3) is 0.316. The third-order valence-electron chi connectivity index (χ3n) is 4.57. The number of ether oxygens (including phenoxy) is 3. The molecule has 0 spiro atoms. The molecule has 0 saturated carbocycles. The van der Waals surface area contributed by atoms with Crippen molar-refractivity contribution >= 4 is 24.0 Å². The van der Waals surface area contributed by atoms with Crippen molar-refractivity contribution < 1.29 is 19.0 Å². The van der Waals surface area contributed by atoms with Crippen LogP contribution in [0.25, 0.3) is 0 Å². The highest BCUT2D eigenvalue weighted by Gasteiger charge is 2.36. The standard InChI is InChI=1S/C19H19N3O5S/c1-8(2)27-18(24)13-9(3)20-16-15(17(23)22-19(28)21-16)14(13)10-4-5-11-12(6-10)26-7-25-11/h4-6,8,14H,7H2,1-3H3,(H3,20,21,22,23,28). The summed E-state index contributed by atoms with van der Waals surface area (Å²) in [4.78, 5) is 31.2. The van der Waals surface area contributed by atoms with Crippen LogP contribution >= 0.6 is 12.2 Å². The van der Waals surface area contributed by atoms with Gasteiger partial charge in [-0.1, -0.05) is 6.07 Å². The second-order valence-corrected chi connectivity index (χ2v) is 7.27. The van der Waals surface area contributed by atoms with Gasteiger partial charge in [0.1, 0.15) is 5.82 Å². The van der Waals surface area contributed by atoms with Crippen molar-refractivity contribution in [2.75, 3.05) is 12.1 Å². The van der Waals surface area contributed by atoms with Gasteiger partial charge in [-0.2, -0.15) is 0 Å².